The topological polar surface area (TPSA) is 29.5 Å². The molecule has 0 aromatic heterocycles. The quantitative estimate of drug-likeness (QED) is 0.753. The Balaban J connectivity index is 2.56. The fourth-order valence-electron chi connectivity index (χ4n) is 2.21. The zero-order valence-electron chi connectivity index (χ0n) is 8.59. The van der Waals surface area contributed by atoms with Crippen molar-refractivity contribution in [2.45, 2.75) is 51.7 Å². The van der Waals surface area contributed by atoms with Crippen molar-refractivity contribution in [1.82, 2.24) is 0 Å². The summed E-state index contributed by atoms with van der Waals surface area (Å²) >= 11 is 5.40. The predicted molar refractivity (Wildman–Crippen MR) is 53.5 cm³/mol. The summed E-state index contributed by atoms with van der Waals surface area (Å²) in [6.07, 6.45) is 2.33. The summed E-state index contributed by atoms with van der Waals surface area (Å²) in [5.74, 6) is 0.940. The lowest BCUT2D eigenvalue weighted by Gasteiger charge is -2.39. The third-order valence-corrected chi connectivity index (χ3v) is 3.56. The number of rotatable bonds is 2. The van der Waals surface area contributed by atoms with Crippen LogP contribution in [0.3, 0.4) is 0 Å². The van der Waals surface area contributed by atoms with Gasteiger partial charge in [-0.2, -0.15) is 0 Å². The highest BCUT2D eigenvalue weighted by Gasteiger charge is 2.38. The lowest BCUT2D eigenvalue weighted by atomic mass is 9.73. The highest BCUT2D eigenvalue weighted by atomic mass is 35.5. The average Bonchev–Trinajstić information content (AvgIpc) is 2.03. The van der Waals surface area contributed by atoms with Crippen LogP contribution in [0.2, 0.25) is 0 Å². The Morgan fingerprint density at radius 3 is 2.54 bits per heavy atom. The van der Waals surface area contributed by atoms with Crippen LogP contribution in [-0.2, 0) is 4.29 Å². The van der Waals surface area contributed by atoms with Gasteiger partial charge >= 0.3 is 0 Å². The van der Waals surface area contributed by atoms with E-state index in [1.165, 1.54) is 0 Å². The molecule has 0 aliphatic heterocycles. The molecule has 0 unspecified atom stereocenters. The second kappa shape index (κ2) is 4.16. The summed E-state index contributed by atoms with van der Waals surface area (Å²) in [5.41, 5.74) is -0.327. The van der Waals surface area contributed by atoms with E-state index in [1.807, 2.05) is 6.92 Å². The Morgan fingerprint density at radius 2 is 2.15 bits per heavy atom. The molecule has 0 bridgehead atoms. The van der Waals surface area contributed by atoms with Crippen molar-refractivity contribution < 1.29 is 9.40 Å². The van der Waals surface area contributed by atoms with Crippen molar-refractivity contribution in [3.05, 3.63) is 0 Å². The molecule has 1 aliphatic carbocycles. The van der Waals surface area contributed by atoms with Gasteiger partial charge in [-0.3, -0.25) is 4.29 Å². The van der Waals surface area contributed by atoms with Crippen molar-refractivity contribution in [3.63, 3.8) is 0 Å². The van der Waals surface area contributed by atoms with Crippen molar-refractivity contribution in [2.24, 2.45) is 11.8 Å². The van der Waals surface area contributed by atoms with Gasteiger partial charge in [0.1, 0.15) is 0 Å². The predicted octanol–water partition coefficient (Wildman–Crippen LogP) is 2.73. The minimum atomic E-state index is -0.327. The number of halogens is 1. The highest BCUT2D eigenvalue weighted by molar-refractivity contribution is 6.07. The third-order valence-electron chi connectivity index (χ3n) is 3.18. The summed E-state index contributed by atoms with van der Waals surface area (Å²) in [4.78, 5) is 0. The molecule has 1 saturated carbocycles. The van der Waals surface area contributed by atoms with Crippen LogP contribution in [0.1, 0.15) is 40.0 Å². The SMILES string of the molecule is CC(C)[C@@H]1CC[C@@](C)(OCl)C[C@H]1O. The van der Waals surface area contributed by atoms with Gasteiger partial charge in [-0.1, -0.05) is 13.8 Å². The Hall–Kier alpha value is 0.210. The first-order chi connectivity index (χ1) is 5.98. The van der Waals surface area contributed by atoms with Crippen LogP contribution < -0.4 is 0 Å². The van der Waals surface area contributed by atoms with Gasteiger partial charge in [0.05, 0.1) is 23.6 Å². The Kier molecular flexibility index (Phi) is 3.61. The van der Waals surface area contributed by atoms with Gasteiger partial charge < -0.3 is 5.11 Å². The maximum atomic E-state index is 9.87. The molecule has 13 heavy (non-hydrogen) atoms. The molecule has 2 nitrogen and oxygen atoms in total. The first-order valence-corrected chi connectivity index (χ1v) is 5.27. The number of aliphatic hydroxyl groups is 1. The van der Waals surface area contributed by atoms with Crippen LogP contribution in [-0.4, -0.2) is 16.8 Å². The molecule has 1 rings (SSSR count). The zero-order chi connectivity index (χ0) is 10.1. The molecule has 1 fully saturated rings. The van der Waals surface area contributed by atoms with Crippen LogP contribution in [0.4, 0.5) is 0 Å². The summed E-state index contributed by atoms with van der Waals surface area (Å²) in [6.45, 7) is 6.26. The van der Waals surface area contributed by atoms with Crippen LogP contribution in [0.5, 0.6) is 0 Å². The van der Waals surface area contributed by atoms with Gasteiger partial charge in [-0.05, 0) is 31.6 Å². The molecule has 0 radical (unpaired) electrons. The minimum absolute atomic E-state index is 0.266. The van der Waals surface area contributed by atoms with Gasteiger partial charge in [0.15, 0.2) is 0 Å². The summed E-state index contributed by atoms with van der Waals surface area (Å²) in [6, 6.07) is 0. The van der Waals surface area contributed by atoms with Crippen LogP contribution >= 0.6 is 11.9 Å². The largest absolute Gasteiger partial charge is 0.393 e. The molecule has 1 N–H and O–H groups in total. The van der Waals surface area contributed by atoms with Gasteiger partial charge in [0.2, 0.25) is 0 Å². The van der Waals surface area contributed by atoms with Gasteiger partial charge in [-0.15, -0.1) is 0 Å². The normalized spacial score (nSPS) is 41.1. The van der Waals surface area contributed by atoms with Crippen molar-refractivity contribution in [2.75, 3.05) is 0 Å². The molecule has 0 saturated heterocycles. The Morgan fingerprint density at radius 1 is 1.54 bits per heavy atom. The van der Waals surface area contributed by atoms with Crippen molar-refractivity contribution in [3.8, 4) is 0 Å². The van der Waals surface area contributed by atoms with Crippen molar-refractivity contribution >= 4 is 11.9 Å². The number of aliphatic hydroxyl groups excluding tert-OH is 1. The summed E-state index contributed by atoms with van der Waals surface area (Å²) < 4.78 is 4.89. The third kappa shape index (κ3) is 2.58. The van der Waals surface area contributed by atoms with Crippen LogP contribution in [0.25, 0.3) is 0 Å². The summed E-state index contributed by atoms with van der Waals surface area (Å²) in [5, 5.41) is 9.87. The van der Waals surface area contributed by atoms with E-state index in [0.29, 0.717) is 18.3 Å². The monoisotopic (exact) mass is 206 g/mol. The Labute approximate surface area is 85.4 Å². The number of hydrogen-bond acceptors (Lipinski definition) is 2. The summed E-state index contributed by atoms with van der Waals surface area (Å²) in [7, 11) is 0. The first kappa shape index (κ1) is 11.3. The molecule has 3 heteroatoms. The molecule has 0 heterocycles. The lowest BCUT2D eigenvalue weighted by molar-refractivity contribution is -0.0507. The maximum absolute atomic E-state index is 9.87. The second-order valence-corrected chi connectivity index (χ2v) is 4.90. The molecule has 0 spiro atoms. The molecule has 3 atom stereocenters. The van der Waals surface area contributed by atoms with E-state index in [-0.39, 0.29) is 11.7 Å². The van der Waals surface area contributed by atoms with E-state index < -0.39 is 0 Å². The molecule has 78 valence electrons. The minimum Gasteiger partial charge on any atom is -0.393 e. The standard InChI is InChI=1S/C10H19ClO2/c1-7(2)8-4-5-10(3,13-11)6-9(8)12/h7-9,12H,4-6H2,1-3H3/t8-,9+,10+/m0/s1. The van der Waals surface area contributed by atoms with E-state index in [4.69, 9.17) is 16.2 Å². The van der Waals surface area contributed by atoms with Crippen LogP contribution in [0, 0.1) is 11.8 Å². The highest BCUT2D eigenvalue weighted by Crippen LogP contribution is 2.38. The average molecular weight is 207 g/mol. The van der Waals surface area contributed by atoms with Gasteiger partial charge in [0, 0.05) is 6.42 Å². The molecule has 0 aromatic carbocycles. The zero-order valence-corrected chi connectivity index (χ0v) is 9.34. The first-order valence-electron chi connectivity index (χ1n) is 4.96. The second-order valence-electron chi connectivity index (χ2n) is 4.75. The number of hydrogen-bond donors (Lipinski definition) is 1. The van der Waals surface area contributed by atoms with Gasteiger partial charge in [0.25, 0.3) is 0 Å². The fourth-order valence-corrected chi connectivity index (χ4v) is 2.35. The Bertz CT molecular complexity index is 172. The van der Waals surface area contributed by atoms with Gasteiger partial charge in [-0.25, -0.2) is 0 Å². The van der Waals surface area contributed by atoms with E-state index in [1.54, 1.807) is 0 Å². The molecule has 0 aromatic rings. The molecule has 0 amide bonds. The molecule has 1 aliphatic rings. The van der Waals surface area contributed by atoms with E-state index in [0.717, 1.165) is 12.8 Å². The van der Waals surface area contributed by atoms with E-state index >= 15 is 0 Å². The van der Waals surface area contributed by atoms with Crippen LogP contribution in [0.15, 0.2) is 0 Å². The van der Waals surface area contributed by atoms with E-state index in [9.17, 15) is 5.11 Å². The molecular formula is C10H19ClO2. The van der Waals surface area contributed by atoms with E-state index in [2.05, 4.69) is 13.8 Å². The maximum Gasteiger partial charge on any atom is 0.0894 e. The van der Waals surface area contributed by atoms with Crippen molar-refractivity contribution in [1.29, 1.82) is 0 Å². The smallest absolute Gasteiger partial charge is 0.0894 e. The fraction of sp³-hybridized carbons (Fsp3) is 1.00. The molecular weight excluding hydrogens is 188 g/mol. The lowest BCUT2D eigenvalue weighted by Crippen LogP contribution is -2.42.